The number of nitrogens with one attached hydrogen (secondary N) is 1. The molecule has 0 aromatic heterocycles. The minimum Gasteiger partial charge on any atom is -0.481 e. The first kappa shape index (κ1) is 17.3. The molecule has 0 aliphatic rings. The van der Waals surface area contributed by atoms with Crippen LogP contribution >= 0.6 is 23.4 Å². The molecule has 1 amide bonds. The van der Waals surface area contributed by atoms with Crippen LogP contribution in [0.15, 0.2) is 29.2 Å². The van der Waals surface area contributed by atoms with E-state index in [1.807, 2.05) is 0 Å². The molecule has 3 N–H and O–H groups in total. The second-order valence-electron chi connectivity index (χ2n) is 4.21. The van der Waals surface area contributed by atoms with E-state index >= 15 is 0 Å². The molecule has 2 atom stereocenters. The van der Waals surface area contributed by atoms with Gasteiger partial charge in [-0.25, -0.2) is 4.79 Å². The number of carbonyl (C=O) groups is 3. The Bertz CT molecular complexity index is 534. The molecule has 1 rings (SSSR count). The van der Waals surface area contributed by atoms with Crippen LogP contribution in [0.4, 0.5) is 0 Å². The number of carboxylic acids is 2. The zero-order valence-corrected chi connectivity index (χ0v) is 12.6. The van der Waals surface area contributed by atoms with Crippen LogP contribution in [0.2, 0.25) is 5.02 Å². The smallest absolute Gasteiger partial charge is 0.326 e. The zero-order chi connectivity index (χ0) is 16.0. The van der Waals surface area contributed by atoms with Gasteiger partial charge in [0.05, 0.1) is 11.7 Å². The lowest BCUT2D eigenvalue weighted by Crippen LogP contribution is -2.45. The molecule has 21 heavy (non-hydrogen) atoms. The summed E-state index contributed by atoms with van der Waals surface area (Å²) in [6.45, 7) is 1.61. The number of halogens is 1. The van der Waals surface area contributed by atoms with Crippen molar-refractivity contribution in [1.82, 2.24) is 5.32 Å². The van der Waals surface area contributed by atoms with Crippen molar-refractivity contribution in [3.05, 3.63) is 29.3 Å². The summed E-state index contributed by atoms with van der Waals surface area (Å²) in [7, 11) is 0. The van der Waals surface area contributed by atoms with E-state index in [1.54, 1.807) is 31.2 Å². The summed E-state index contributed by atoms with van der Waals surface area (Å²) in [5.74, 6) is -3.21. The van der Waals surface area contributed by atoms with Gasteiger partial charge < -0.3 is 15.5 Å². The summed E-state index contributed by atoms with van der Waals surface area (Å²) in [5.41, 5.74) is 0. The largest absolute Gasteiger partial charge is 0.481 e. The fourth-order valence-electron chi connectivity index (χ4n) is 1.43. The molecular weight excluding hydrogens is 318 g/mol. The Morgan fingerprint density at radius 3 is 2.29 bits per heavy atom. The molecular formula is C13H14ClNO5S. The van der Waals surface area contributed by atoms with Crippen LogP contribution in [0.5, 0.6) is 0 Å². The van der Waals surface area contributed by atoms with Crippen LogP contribution < -0.4 is 5.32 Å². The first-order valence-electron chi connectivity index (χ1n) is 5.96. The van der Waals surface area contributed by atoms with Gasteiger partial charge in [0.1, 0.15) is 6.04 Å². The Labute approximate surface area is 130 Å². The molecule has 0 saturated heterocycles. The monoisotopic (exact) mass is 331 g/mol. The van der Waals surface area contributed by atoms with Gasteiger partial charge in [-0.05, 0) is 31.2 Å². The maximum absolute atomic E-state index is 11.9. The van der Waals surface area contributed by atoms with Crippen LogP contribution in [-0.2, 0) is 14.4 Å². The number of hydrogen-bond acceptors (Lipinski definition) is 4. The highest BCUT2D eigenvalue weighted by atomic mass is 35.5. The van der Waals surface area contributed by atoms with Crippen molar-refractivity contribution in [2.24, 2.45) is 0 Å². The fraction of sp³-hybridized carbons (Fsp3) is 0.308. The Morgan fingerprint density at radius 2 is 1.81 bits per heavy atom. The summed E-state index contributed by atoms with van der Waals surface area (Å²) in [6, 6.07) is 5.40. The Balaban J connectivity index is 2.62. The topological polar surface area (TPSA) is 104 Å². The highest BCUT2D eigenvalue weighted by Crippen LogP contribution is 2.24. The first-order valence-corrected chi connectivity index (χ1v) is 7.22. The van der Waals surface area contributed by atoms with Crippen molar-refractivity contribution in [3.8, 4) is 0 Å². The maximum atomic E-state index is 11.9. The average molecular weight is 332 g/mol. The number of rotatable bonds is 7. The van der Waals surface area contributed by atoms with Crippen LogP contribution in [0, 0.1) is 0 Å². The molecule has 6 nitrogen and oxygen atoms in total. The van der Waals surface area contributed by atoms with Crippen LogP contribution in [-0.4, -0.2) is 39.4 Å². The van der Waals surface area contributed by atoms with Gasteiger partial charge in [0.25, 0.3) is 0 Å². The maximum Gasteiger partial charge on any atom is 0.326 e. The van der Waals surface area contributed by atoms with E-state index in [9.17, 15) is 14.4 Å². The lowest BCUT2D eigenvalue weighted by Gasteiger charge is -2.16. The summed E-state index contributed by atoms with van der Waals surface area (Å²) in [5, 5.41) is 19.7. The predicted molar refractivity (Wildman–Crippen MR) is 78.6 cm³/mol. The Kier molecular flexibility index (Phi) is 6.51. The summed E-state index contributed by atoms with van der Waals surface area (Å²) >= 11 is 6.98. The van der Waals surface area contributed by atoms with Gasteiger partial charge >= 0.3 is 11.9 Å². The fourth-order valence-corrected chi connectivity index (χ4v) is 2.44. The SMILES string of the molecule is CC(Sc1ccc(Cl)cc1)C(=O)N[C@@H](CC(=O)O)C(=O)O. The minimum atomic E-state index is -1.44. The van der Waals surface area contributed by atoms with Crippen molar-refractivity contribution >= 4 is 41.2 Å². The molecule has 0 aliphatic heterocycles. The third-order valence-electron chi connectivity index (χ3n) is 2.49. The number of benzene rings is 1. The van der Waals surface area contributed by atoms with Crippen LogP contribution in [0.3, 0.4) is 0 Å². The number of amides is 1. The number of thioether (sulfide) groups is 1. The molecule has 0 spiro atoms. The molecule has 1 unspecified atom stereocenters. The molecule has 0 saturated carbocycles. The molecule has 0 fully saturated rings. The Hall–Kier alpha value is -1.73. The quantitative estimate of drug-likeness (QED) is 0.659. The highest BCUT2D eigenvalue weighted by Gasteiger charge is 2.25. The van der Waals surface area contributed by atoms with E-state index in [4.69, 9.17) is 21.8 Å². The van der Waals surface area contributed by atoms with Crippen LogP contribution in [0.1, 0.15) is 13.3 Å². The first-order chi connectivity index (χ1) is 9.79. The molecule has 114 valence electrons. The number of aliphatic carboxylic acids is 2. The van der Waals surface area contributed by atoms with Gasteiger partial charge in [-0.3, -0.25) is 9.59 Å². The second kappa shape index (κ2) is 7.90. The van der Waals surface area contributed by atoms with E-state index < -0.39 is 35.6 Å². The van der Waals surface area contributed by atoms with E-state index in [0.717, 1.165) is 4.90 Å². The third-order valence-corrected chi connectivity index (χ3v) is 3.85. The van der Waals surface area contributed by atoms with E-state index in [0.29, 0.717) is 5.02 Å². The number of hydrogen-bond donors (Lipinski definition) is 3. The number of carbonyl (C=O) groups excluding carboxylic acids is 1. The predicted octanol–water partition coefficient (Wildman–Crippen LogP) is 1.86. The van der Waals surface area contributed by atoms with E-state index in [2.05, 4.69) is 5.32 Å². The second-order valence-corrected chi connectivity index (χ2v) is 6.06. The molecule has 1 aromatic rings. The van der Waals surface area contributed by atoms with Crippen LogP contribution in [0.25, 0.3) is 0 Å². The van der Waals surface area contributed by atoms with Crippen molar-refractivity contribution in [2.45, 2.75) is 29.5 Å². The molecule has 0 heterocycles. The Morgan fingerprint density at radius 1 is 1.24 bits per heavy atom. The summed E-state index contributed by atoms with van der Waals surface area (Å²) in [6.07, 6.45) is -0.667. The van der Waals surface area contributed by atoms with E-state index in [1.165, 1.54) is 11.8 Å². The van der Waals surface area contributed by atoms with Crippen molar-refractivity contribution < 1.29 is 24.6 Å². The van der Waals surface area contributed by atoms with Gasteiger partial charge in [0.15, 0.2) is 0 Å². The third kappa shape index (κ3) is 6.05. The van der Waals surface area contributed by atoms with Crippen molar-refractivity contribution in [3.63, 3.8) is 0 Å². The average Bonchev–Trinajstić information content (AvgIpc) is 2.39. The van der Waals surface area contributed by atoms with Gasteiger partial charge in [0.2, 0.25) is 5.91 Å². The lowest BCUT2D eigenvalue weighted by atomic mass is 10.2. The van der Waals surface area contributed by atoms with E-state index in [-0.39, 0.29) is 0 Å². The van der Waals surface area contributed by atoms with Gasteiger partial charge in [-0.1, -0.05) is 11.6 Å². The summed E-state index contributed by atoms with van der Waals surface area (Å²) in [4.78, 5) is 34.1. The molecule has 0 bridgehead atoms. The lowest BCUT2D eigenvalue weighted by molar-refractivity contribution is -0.147. The molecule has 1 aromatic carbocycles. The van der Waals surface area contributed by atoms with Gasteiger partial charge in [-0.15, -0.1) is 11.8 Å². The number of carboxylic acid groups (broad SMARTS) is 2. The van der Waals surface area contributed by atoms with Gasteiger partial charge in [0, 0.05) is 9.92 Å². The molecule has 8 heteroatoms. The molecule has 0 radical (unpaired) electrons. The molecule has 0 aliphatic carbocycles. The summed E-state index contributed by atoms with van der Waals surface area (Å²) < 4.78 is 0. The van der Waals surface area contributed by atoms with Gasteiger partial charge in [-0.2, -0.15) is 0 Å². The minimum absolute atomic E-state index is 0.538. The van der Waals surface area contributed by atoms with Crippen molar-refractivity contribution in [1.29, 1.82) is 0 Å². The highest BCUT2D eigenvalue weighted by molar-refractivity contribution is 8.00. The standard InChI is InChI=1S/C13H14ClNO5S/c1-7(21-9-4-2-8(14)3-5-9)12(18)15-10(13(19)20)6-11(16)17/h2-5,7,10H,6H2,1H3,(H,15,18)(H,16,17)(H,19,20)/t7?,10-/m0/s1. The van der Waals surface area contributed by atoms with Crippen molar-refractivity contribution in [2.75, 3.05) is 0 Å². The normalized spacial score (nSPS) is 13.2. The zero-order valence-electron chi connectivity index (χ0n) is 11.1.